The van der Waals surface area contributed by atoms with Crippen LogP contribution in [0.25, 0.3) is 50.3 Å². The Kier molecular flexibility index (Phi) is 7.40. The molecule has 0 radical (unpaired) electrons. The van der Waals surface area contributed by atoms with E-state index >= 15 is 0 Å². The zero-order valence-corrected chi connectivity index (χ0v) is 29.5. The van der Waals surface area contributed by atoms with E-state index in [2.05, 4.69) is 73.4 Å². The van der Waals surface area contributed by atoms with Crippen molar-refractivity contribution in [2.24, 2.45) is 0 Å². The minimum Gasteiger partial charge on any atom is -0.493 e. The number of hydrogen-bond acceptors (Lipinski definition) is 5. The predicted molar refractivity (Wildman–Crippen MR) is 206 cm³/mol. The van der Waals surface area contributed by atoms with Gasteiger partial charge in [-0.25, -0.2) is 14.4 Å². The highest BCUT2D eigenvalue weighted by molar-refractivity contribution is 6.09. The molecule has 0 saturated carbocycles. The average molecular weight is 685 g/mol. The number of nitrogens with zero attached hydrogens (tertiary/aromatic N) is 2. The quantitative estimate of drug-likeness (QED) is 0.167. The fourth-order valence-electron chi connectivity index (χ4n) is 8.63. The molecule has 1 atom stereocenters. The number of fused-ring (bicyclic) bond motifs is 9. The van der Waals surface area contributed by atoms with Crippen LogP contribution in [-0.2, 0) is 11.0 Å². The molecule has 9 rings (SSSR count). The van der Waals surface area contributed by atoms with Crippen molar-refractivity contribution in [2.45, 2.75) is 37.7 Å². The zero-order chi connectivity index (χ0) is 35.6. The Balaban J connectivity index is 1.30. The Morgan fingerprint density at radius 3 is 2.12 bits per heavy atom. The summed E-state index contributed by atoms with van der Waals surface area (Å²) in [5.74, 6) is 2.36. The Hall–Kier alpha value is -6.01. The molecular formula is C46H37FN2O3. The first kappa shape index (κ1) is 31.9. The van der Waals surface area contributed by atoms with Crippen molar-refractivity contribution >= 4 is 27.8 Å². The highest BCUT2D eigenvalue weighted by atomic mass is 19.1. The van der Waals surface area contributed by atoms with Gasteiger partial charge in [0.05, 0.1) is 19.7 Å². The average Bonchev–Trinajstić information content (AvgIpc) is 3.51. The normalized spacial score (nSPS) is 16.6. The zero-order valence-electron chi connectivity index (χ0n) is 29.5. The summed E-state index contributed by atoms with van der Waals surface area (Å²) in [6.45, 7) is 4.55. The fourth-order valence-corrected chi connectivity index (χ4v) is 8.63. The second kappa shape index (κ2) is 12.1. The van der Waals surface area contributed by atoms with E-state index in [0.717, 1.165) is 62.5 Å². The van der Waals surface area contributed by atoms with Crippen molar-refractivity contribution in [2.75, 3.05) is 14.2 Å². The molecule has 0 amide bonds. The van der Waals surface area contributed by atoms with E-state index in [9.17, 15) is 4.39 Å². The van der Waals surface area contributed by atoms with Gasteiger partial charge in [0.1, 0.15) is 11.6 Å². The summed E-state index contributed by atoms with van der Waals surface area (Å²) >= 11 is 0. The third-order valence-electron chi connectivity index (χ3n) is 11.3. The van der Waals surface area contributed by atoms with E-state index in [1.54, 1.807) is 14.2 Å². The van der Waals surface area contributed by atoms with Gasteiger partial charge >= 0.3 is 0 Å². The molecule has 1 aliphatic carbocycles. The van der Waals surface area contributed by atoms with Crippen LogP contribution >= 0.6 is 0 Å². The fraction of sp³-hybridized carbons (Fsp3) is 0.174. The molecule has 0 fully saturated rings. The van der Waals surface area contributed by atoms with E-state index in [1.807, 2.05) is 60.8 Å². The van der Waals surface area contributed by atoms with E-state index in [4.69, 9.17) is 19.2 Å². The number of methoxy groups -OCH3 is 2. The largest absolute Gasteiger partial charge is 0.493 e. The van der Waals surface area contributed by atoms with Gasteiger partial charge in [-0.05, 0) is 76.9 Å². The van der Waals surface area contributed by atoms with Crippen molar-refractivity contribution in [3.63, 3.8) is 0 Å². The maximum absolute atomic E-state index is 14.5. The molecule has 2 heterocycles. The van der Waals surface area contributed by atoms with Crippen molar-refractivity contribution in [1.82, 2.24) is 9.97 Å². The molecule has 6 aromatic carbocycles. The molecule has 1 aliphatic heterocycles. The molecule has 52 heavy (non-hydrogen) atoms. The number of rotatable bonds is 7. The second-order valence-electron chi connectivity index (χ2n) is 13.6. The van der Waals surface area contributed by atoms with Crippen LogP contribution in [0.2, 0.25) is 0 Å². The molecule has 5 nitrogen and oxygen atoms in total. The van der Waals surface area contributed by atoms with E-state index in [0.29, 0.717) is 17.3 Å². The maximum Gasteiger partial charge on any atom is 0.178 e. The first-order valence-corrected chi connectivity index (χ1v) is 17.8. The molecule has 6 heteroatoms. The number of benzene rings is 6. The van der Waals surface area contributed by atoms with Gasteiger partial charge in [0.15, 0.2) is 22.9 Å². The minimum absolute atomic E-state index is 0.220. The van der Waals surface area contributed by atoms with Crippen molar-refractivity contribution in [3.05, 3.63) is 155 Å². The summed E-state index contributed by atoms with van der Waals surface area (Å²) in [6.07, 6.45) is 8.06. The second-order valence-corrected chi connectivity index (χ2v) is 13.6. The predicted octanol–water partition coefficient (Wildman–Crippen LogP) is 11.0. The van der Waals surface area contributed by atoms with Crippen LogP contribution in [0.3, 0.4) is 0 Å². The summed E-state index contributed by atoms with van der Waals surface area (Å²) in [6, 6.07) is 35.6. The molecule has 0 bridgehead atoms. The molecular weight excluding hydrogens is 648 g/mol. The Morgan fingerprint density at radius 1 is 0.750 bits per heavy atom. The van der Waals surface area contributed by atoms with E-state index in [1.165, 1.54) is 34.4 Å². The summed E-state index contributed by atoms with van der Waals surface area (Å²) in [7, 11) is 3.33. The van der Waals surface area contributed by atoms with E-state index in [-0.39, 0.29) is 11.2 Å². The van der Waals surface area contributed by atoms with E-state index < -0.39 is 5.60 Å². The van der Waals surface area contributed by atoms with Crippen LogP contribution in [0.15, 0.2) is 121 Å². The van der Waals surface area contributed by atoms with Gasteiger partial charge in [-0.15, -0.1) is 0 Å². The lowest BCUT2D eigenvalue weighted by Crippen LogP contribution is -2.35. The Bertz CT molecular complexity index is 2560. The summed E-state index contributed by atoms with van der Waals surface area (Å²) in [5, 5.41) is 2.94. The van der Waals surface area contributed by atoms with Gasteiger partial charge in [-0.2, -0.15) is 0 Å². The number of aromatic nitrogens is 2. The molecule has 1 unspecified atom stereocenters. The Morgan fingerprint density at radius 2 is 1.40 bits per heavy atom. The van der Waals surface area contributed by atoms with Gasteiger partial charge in [0, 0.05) is 44.6 Å². The van der Waals surface area contributed by atoms with Crippen LogP contribution in [0, 0.1) is 5.82 Å². The van der Waals surface area contributed by atoms with Crippen LogP contribution in [0.1, 0.15) is 54.5 Å². The maximum atomic E-state index is 14.5. The van der Waals surface area contributed by atoms with Crippen molar-refractivity contribution in [1.29, 1.82) is 0 Å². The standard InChI is InChI=1S/C46H37FN2O3/c1-5-45(6-2)37-13-9-8-12-33(37)41-35-25-39(50-3)40(51-4)26-36(35)43-34(42(41)45)23-24-46(52-43,31-19-21-32(47)22-20-31)30-17-15-28(16-18-30)44-48-27-29-11-7-10-14-38(29)49-44/h7-27H,5-6H2,1-4H3. The molecule has 0 spiro atoms. The third-order valence-corrected chi connectivity index (χ3v) is 11.3. The van der Waals surface area contributed by atoms with Gasteiger partial charge < -0.3 is 14.2 Å². The lowest BCUT2D eigenvalue weighted by atomic mass is 9.71. The van der Waals surface area contributed by atoms with Crippen LogP contribution in [-0.4, -0.2) is 24.2 Å². The highest BCUT2D eigenvalue weighted by Crippen LogP contribution is 2.61. The molecule has 1 aromatic heterocycles. The summed E-state index contributed by atoms with van der Waals surface area (Å²) in [5.41, 5.74) is 8.25. The molecule has 0 saturated heterocycles. The first-order valence-electron chi connectivity index (χ1n) is 17.8. The van der Waals surface area contributed by atoms with Crippen LogP contribution in [0.5, 0.6) is 17.2 Å². The third kappa shape index (κ3) is 4.53. The van der Waals surface area contributed by atoms with Gasteiger partial charge in [-0.3, -0.25) is 0 Å². The Labute approximate surface area is 302 Å². The molecule has 2 aliphatic rings. The summed E-state index contributed by atoms with van der Waals surface area (Å²) < 4.78 is 33.7. The van der Waals surface area contributed by atoms with Gasteiger partial charge in [0.2, 0.25) is 0 Å². The lowest BCUT2D eigenvalue weighted by molar-refractivity contribution is 0.163. The van der Waals surface area contributed by atoms with Crippen molar-refractivity contribution in [3.8, 4) is 39.8 Å². The highest BCUT2D eigenvalue weighted by Gasteiger charge is 2.47. The molecule has 7 aromatic rings. The minimum atomic E-state index is -1.08. The summed E-state index contributed by atoms with van der Waals surface area (Å²) in [4.78, 5) is 9.49. The number of halogens is 1. The monoisotopic (exact) mass is 684 g/mol. The molecule has 256 valence electrons. The van der Waals surface area contributed by atoms with Crippen LogP contribution in [0.4, 0.5) is 4.39 Å². The number of ether oxygens (including phenoxy) is 3. The SMILES string of the molecule is CCC1(CC)c2ccccc2-c2c1c1c(c3cc(OC)c(OC)cc23)OC(c2ccc(F)cc2)(c2ccc(-c3ncc4ccccc4n3)cc2)C=C1. The van der Waals surface area contributed by atoms with Gasteiger partial charge in [0.25, 0.3) is 0 Å². The smallest absolute Gasteiger partial charge is 0.178 e. The topological polar surface area (TPSA) is 53.5 Å². The first-order chi connectivity index (χ1) is 25.4. The van der Waals surface area contributed by atoms with Crippen LogP contribution < -0.4 is 14.2 Å². The number of para-hydroxylation sites is 1. The molecule has 0 N–H and O–H groups in total. The lowest BCUT2D eigenvalue weighted by Gasteiger charge is -2.39. The number of hydrogen-bond donors (Lipinski definition) is 0. The van der Waals surface area contributed by atoms with Crippen molar-refractivity contribution < 1.29 is 18.6 Å². The van der Waals surface area contributed by atoms with Gasteiger partial charge in [-0.1, -0.05) is 98.8 Å².